The zero-order valence-corrected chi connectivity index (χ0v) is 9.88. The van der Waals surface area contributed by atoms with Crippen LogP contribution in [0.25, 0.3) is 11.4 Å². The Morgan fingerprint density at radius 2 is 1.53 bits per heavy atom. The fraction of sp³-hybridized carbons (Fsp3) is 0.0667. The van der Waals surface area contributed by atoms with Gasteiger partial charge in [-0.1, -0.05) is 78.4 Å². The molecule has 0 aromatic heterocycles. The summed E-state index contributed by atoms with van der Waals surface area (Å²) in [4.78, 5) is 0. The van der Waals surface area contributed by atoms with Crippen molar-refractivity contribution in [1.29, 1.82) is 0 Å². The van der Waals surface area contributed by atoms with E-state index in [1.807, 2.05) is 18.2 Å². The van der Waals surface area contributed by atoms with Gasteiger partial charge in [0.25, 0.3) is 0 Å². The molecule has 1 unspecified atom stereocenters. The molecule has 0 radical (unpaired) electrons. The molecule has 17 heavy (non-hydrogen) atoms. The minimum Gasteiger partial charge on any atom is -0.674 e. The Hall–Kier alpha value is -1.42. The summed E-state index contributed by atoms with van der Waals surface area (Å²) in [6.45, 7) is 0. The fourth-order valence-corrected chi connectivity index (χ4v) is 1.97. The van der Waals surface area contributed by atoms with Gasteiger partial charge in [0.2, 0.25) is 0 Å². The molecule has 1 heterocycles. The van der Waals surface area contributed by atoms with Crippen LogP contribution in [0.15, 0.2) is 60.7 Å². The third kappa shape index (κ3) is 2.47. The molecule has 0 aliphatic carbocycles. The van der Waals surface area contributed by atoms with Crippen LogP contribution in [0.5, 0.6) is 0 Å². The van der Waals surface area contributed by atoms with Crippen molar-refractivity contribution >= 4 is 11.8 Å². The average molecular weight is 213 g/mol. The third-order valence-electron chi connectivity index (χ3n) is 2.81. The quantitative estimate of drug-likeness (QED) is 0.637. The maximum absolute atomic E-state index is 4.73. The van der Waals surface area contributed by atoms with Crippen molar-refractivity contribution in [3.05, 3.63) is 77.1 Å². The molecule has 1 atom stereocenters. The smallest absolute Gasteiger partial charge is 0.674 e. The zero-order chi connectivity index (χ0) is 10.8. The summed E-state index contributed by atoms with van der Waals surface area (Å²) in [7, 11) is 0. The molecule has 0 bridgehead atoms. The average Bonchev–Trinajstić information content (AvgIpc) is 2.39. The molecule has 2 aromatic carbocycles. The monoisotopic (exact) mass is 213 g/mol. The molecular formula is C15H12LiN. The molecular weight excluding hydrogens is 201 g/mol. The number of hydrogen-bond acceptors (Lipinski definition) is 0. The SMILES string of the molecule is C1=CC(c2ccccc2)[N-]c2ccccc21.[Li+]. The van der Waals surface area contributed by atoms with E-state index in [1.165, 1.54) is 11.1 Å². The van der Waals surface area contributed by atoms with Gasteiger partial charge in [0, 0.05) is 0 Å². The van der Waals surface area contributed by atoms with E-state index in [0.717, 1.165) is 5.69 Å². The molecule has 3 rings (SSSR count). The van der Waals surface area contributed by atoms with Gasteiger partial charge < -0.3 is 5.32 Å². The second-order valence-electron chi connectivity index (χ2n) is 3.90. The van der Waals surface area contributed by atoms with Crippen LogP contribution >= 0.6 is 0 Å². The predicted octanol–water partition coefficient (Wildman–Crippen LogP) is 1.46. The molecule has 78 valence electrons. The minimum absolute atomic E-state index is 0. The van der Waals surface area contributed by atoms with Crippen LogP contribution in [-0.2, 0) is 0 Å². The van der Waals surface area contributed by atoms with Crippen molar-refractivity contribution in [2.45, 2.75) is 6.04 Å². The number of hydrogen-bond donors (Lipinski definition) is 0. The van der Waals surface area contributed by atoms with Gasteiger partial charge in [0.1, 0.15) is 0 Å². The predicted molar refractivity (Wildman–Crippen MR) is 67.7 cm³/mol. The maximum Gasteiger partial charge on any atom is 1.00 e. The fourth-order valence-electron chi connectivity index (χ4n) is 1.97. The third-order valence-corrected chi connectivity index (χ3v) is 2.81. The van der Waals surface area contributed by atoms with E-state index in [4.69, 9.17) is 5.32 Å². The van der Waals surface area contributed by atoms with Crippen molar-refractivity contribution in [3.63, 3.8) is 0 Å². The van der Waals surface area contributed by atoms with Crippen LogP contribution in [-0.4, -0.2) is 0 Å². The molecule has 0 saturated carbocycles. The van der Waals surface area contributed by atoms with Gasteiger partial charge in [-0.15, -0.1) is 5.69 Å². The van der Waals surface area contributed by atoms with Crippen LogP contribution in [0, 0.1) is 0 Å². The molecule has 0 fully saturated rings. The molecule has 1 aliphatic rings. The van der Waals surface area contributed by atoms with Gasteiger partial charge in [-0.3, -0.25) is 0 Å². The Labute approximate surface area is 114 Å². The first-order valence-corrected chi connectivity index (χ1v) is 5.46. The van der Waals surface area contributed by atoms with Crippen LogP contribution in [0.2, 0.25) is 0 Å². The Kier molecular flexibility index (Phi) is 3.74. The van der Waals surface area contributed by atoms with Crippen molar-refractivity contribution in [3.8, 4) is 0 Å². The molecule has 1 nitrogen and oxygen atoms in total. The van der Waals surface area contributed by atoms with Gasteiger partial charge in [-0.25, -0.2) is 0 Å². The van der Waals surface area contributed by atoms with Gasteiger partial charge >= 0.3 is 18.9 Å². The molecule has 0 amide bonds. The Morgan fingerprint density at radius 1 is 0.824 bits per heavy atom. The summed E-state index contributed by atoms with van der Waals surface area (Å²) in [5.41, 5.74) is 3.53. The van der Waals surface area contributed by atoms with Gasteiger partial charge in [-0.2, -0.15) is 0 Å². The molecule has 0 spiro atoms. The van der Waals surface area contributed by atoms with Crippen molar-refractivity contribution < 1.29 is 18.9 Å². The normalized spacial score (nSPS) is 16.6. The van der Waals surface area contributed by atoms with E-state index in [1.54, 1.807) is 0 Å². The van der Waals surface area contributed by atoms with E-state index < -0.39 is 0 Å². The minimum atomic E-state index is 0. The summed E-state index contributed by atoms with van der Waals surface area (Å²) in [6.07, 6.45) is 4.30. The number of para-hydroxylation sites is 1. The van der Waals surface area contributed by atoms with E-state index in [0.29, 0.717) is 0 Å². The molecule has 1 aliphatic heterocycles. The number of benzene rings is 2. The number of nitrogens with zero attached hydrogens (tertiary/aromatic N) is 1. The van der Waals surface area contributed by atoms with Gasteiger partial charge in [0.15, 0.2) is 0 Å². The topological polar surface area (TPSA) is 14.1 Å². The first-order valence-electron chi connectivity index (χ1n) is 5.46. The van der Waals surface area contributed by atoms with Gasteiger partial charge in [-0.05, 0) is 5.56 Å². The first-order chi connectivity index (χ1) is 7.93. The Bertz CT molecular complexity index is 519. The summed E-state index contributed by atoms with van der Waals surface area (Å²) in [6, 6.07) is 18.8. The van der Waals surface area contributed by atoms with E-state index >= 15 is 0 Å². The molecule has 0 saturated heterocycles. The largest absolute Gasteiger partial charge is 1.00 e. The maximum atomic E-state index is 4.73. The number of rotatable bonds is 1. The summed E-state index contributed by atoms with van der Waals surface area (Å²) in [5.74, 6) is 0. The Balaban J connectivity index is 0.00000108. The van der Waals surface area contributed by atoms with E-state index in [9.17, 15) is 0 Å². The van der Waals surface area contributed by atoms with Crippen LogP contribution < -0.4 is 18.9 Å². The van der Waals surface area contributed by atoms with Gasteiger partial charge in [0.05, 0.1) is 0 Å². The van der Waals surface area contributed by atoms with Crippen LogP contribution in [0.1, 0.15) is 17.2 Å². The van der Waals surface area contributed by atoms with E-state index in [-0.39, 0.29) is 24.9 Å². The zero-order valence-electron chi connectivity index (χ0n) is 9.88. The second-order valence-corrected chi connectivity index (χ2v) is 3.90. The van der Waals surface area contributed by atoms with Crippen LogP contribution in [0.3, 0.4) is 0 Å². The summed E-state index contributed by atoms with van der Waals surface area (Å²) in [5, 5.41) is 4.73. The van der Waals surface area contributed by atoms with Crippen molar-refractivity contribution in [2.24, 2.45) is 0 Å². The van der Waals surface area contributed by atoms with Crippen molar-refractivity contribution in [2.75, 3.05) is 0 Å². The molecule has 2 aromatic rings. The summed E-state index contributed by atoms with van der Waals surface area (Å²) < 4.78 is 0. The first kappa shape index (κ1) is 12.0. The number of fused-ring (bicyclic) bond motifs is 1. The summed E-state index contributed by atoms with van der Waals surface area (Å²) >= 11 is 0. The van der Waals surface area contributed by atoms with Crippen molar-refractivity contribution in [1.82, 2.24) is 0 Å². The standard InChI is InChI=1S/C15H12N.Li/c1-2-6-12(7-3-1)15-11-10-13-8-4-5-9-14(13)16-15;/h1-11,15H;/q-1;+1. The second kappa shape index (κ2) is 5.27. The van der Waals surface area contributed by atoms with E-state index in [2.05, 4.69) is 48.6 Å². The molecule has 2 heteroatoms. The Morgan fingerprint density at radius 3 is 2.35 bits per heavy atom. The molecule has 0 N–H and O–H groups in total. The van der Waals surface area contributed by atoms with Crippen LogP contribution in [0.4, 0.5) is 5.69 Å².